The molecule has 0 bridgehead atoms. The van der Waals surface area contributed by atoms with Crippen LogP contribution in [-0.4, -0.2) is 35.4 Å². The highest BCUT2D eigenvalue weighted by Gasteiger charge is 2.41. The van der Waals surface area contributed by atoms with Gasteiger partial charge in [0.15, 0.2) is 0 Å². The number of fused-ring (bicyclic) bond motifs is 1. The maximum Gasteiger partial charge on any atom is 0.251 e. The van der Waals surface area contributed by atoms with Crippen molar-refractivity contribution in [1.82, 2.24) is 4.90 Å². The maximum absolute atomic E-state index is 13.4. The molecule has 2 heterocycles. The fraction of sp³-hybridized carbons (Fsp3) is 0.304. The van der Waals surface area contributed by atoms with E-state index in [4.69, 9.17) is 4.74 Å². The molecule has 5 nitrogen and oxygen atoms in total. The number of ether oxygens (including phenoxy) is 1. The third-order valence-electron chi connectivity index (χ3n) is 5.51. The number of hydrogen-bond acceptors (Lipinski definition) is 3. The van der Waals surface area contributed by atoms with Crippen molar-refractivity contribution in [2.45, 2.75) is 39.3 Å². The van der Waals surface area contributed by atoms with Gasteiger partial charge < -0.3 is 15.0 Å². The zero-order valence-electron chi connectivity index (χ0n) is 16.4. The summed E-state index contributed by atoms with van der Waals surface area (Å²) in [7, 11) is 0. The number of likely N-dealkylation sites (tertiary alicyclic amines) is 1. The van der Waals surface area contributed by atoms with Crippen LogP contribution in [-0.2, 0) is 9.59 Å². The first-order valence-electron chi connectivity index (χ1n) is 9.59. The number of aryl methyl sites for hydroxylation is 2. The molecular weight excluding hydrogens is 352 g/mol. The fourth-order valence-electron chi connectivity index (χ4n) is 3.85. The Kier molecular flexibility index (Phi) is 4.67. The first-order valence-corrected chi connectivity index (χ1v) is 9.59. The average molecular weight is 376 g/mol. The predicted molar refractivity (Wildman–Crippen MR) is 109 cm³/mol. The van der Waals surface area contributed by atoms with E-state index in [9.17, 15) is 9.59 Å². The van der Waals surface area contributed by atoms with Crippen LogP contribution in [0.1, 0.15) is 30.0 Å². The predicted octanol–water partition coefficient (Wildman–Crippen LogP) is 3.71. The molecule has 0 saturated carbocycles. The molecule has 1 N–H and O–H groups in total. The van der Waals surface area contributed by atoms with Crippen LogP contribution in [0.3, 0.4) is 0 Å². The maximum atomic E-state index is 13.4. The number of hydrogen-bond donors (Lipinski definition) is 1. The minimum Gasteiger partial charge on any atom is -0.486 e. The second kappa shape index (κ2) is 7.15. The van der Waals surface area contributed by atoms with Gasteiger partial charge in [-0.25, -0.2) is 0 Å². The molecular formula is C23H24N2O3. The van der Waals surface area contributed by atoms with Gasteiger partial charge >= 0.3 is 0 Å². The first-order chi connectivity index (χ1) is 13.5. The zero-order valence-corrected chi connectivity index (χ0v) is 16.4. The molecule has 0 aliphatic carbocycles. The van der Waals surface area contributed by atoms with E-state index in [0.717, 1.165) is 33.7 Å². The summed E-state index contributed by atoms with van der Waals surface area (Å²) in [5, 5.41) is 3.06. The molecule has 2 aromatic rings. The van der Waals surface area contributed by atoms with Gasteiger partial charge in [0.05, 0.1) is 0 Å². The summed E-state index contributed by atoms with van der Waals surface area (Å²) in [6.07, 6.45) is 2.17. The second-order valence-electron chi connectivity index (χ2n) is 7.44. The van der Waals surface area contributed by atoms with E-state index in [2.05, 4.69) is 5.32 Å². The van der Waals surface area contributed by atoms with E-state index in [0.29, 0.717) is 13.0 Å². The van der Waals surface area contributed by atoms with E-state index < -0.39 is 6.04 Å². The molecule has 2 aromatic carbocycles. The molecule has 4 rings (SSSR count). The minimum absolute atomic E-state index is 0.00591. The van der Waals surface area contributed by atoms with Crippen molar-refractivity contribution in [3.05, 3.63) is 64.7 Å². The van der Waals surface area contributed by atoms with E-state index in [1.54, 1.807) is 4.90 Å². The Morgan fingerprint density at radius 1 is 1.14 bits per heavy atom. The highest BCUT2D eigenvalue weighted by molar-refractivity contribution is 6.02. The van der Waals surface area contributed by atoms with Gasteiger partial charge in [-0.1, -0.05) is 36.4 Å². The standard InChI is InChI=1S/C23H24N2O3/c1-14-7-6-8-15(2)21(14)24-23(27)22(25-12-11-20(25)26)18-13-17-9-4-5-10-19(17)28-16(18)3/h4-10,13,16,22H,11-12H2,1-3H3,(H,24,27)/t16-,22-/m1/s1. The Bertz CT molecular complexity index is 959. The molecule has 1 fully saturated rings. The molecule has 2 amide bonds. The third kappa shape index (κ3) is 3.17. The van der Waals surface area contributed by atoms with Crippen LogP contribution in [0.4, 0.5) is 5.69 Å². The van der Waals surface area contributed by atoms with Crippen LogP contribution in [0.5, 0.6) is 5.75 Å². The smallest absolute Gasteiger partial charge is 0.251 e. The van der Waals surface area contributed by atoms with Crippen molar-refractivity contribution < 1.29 is 14.3 Å². The average Bonchev–Trinajstić information content (AvgIpc) is 2.67. The highest BCUT2D eigenvalue weighted by Crippen LogP contribution is 2.34. The molecule has 144 valence electrons. The van der Waals surface area contributed by atoms with Crippen LogP contribution < -0.4 is 10.1 Å². The minimum atomic E-state index is -0.677. The van der Waals surface area contributed by atoms with Crippen molar-refractivity contribution in [2.24, 2.45) is 0 Å². The molecule has 1 saturated heterocycles. The topological polar surface area (TPSA) is 58.6 Å². The van der Waals surface area contributed by atoms with Crippen molar-refractivity contribution in [1.29, 1.82) is 0 Å². The summed E-state index contributed by atoms with van der Waals surface area (Å²) in [5.74, 6) is 0.586. The molecule has 2 aliphatic rings. The highest BCUT2D eigenvalue weighted by atomic mass is 16.5. The number of rotatable bonds is 4. The van der Waals surface area contributed by atoms with Gasteiger partial charge in [0.2, 0.25) is 5.91 Å². The SMILES string of the molecule is Cc1cccc(C)c1NC(=O)[C@@H](C1=Cc2ccccc2O[C@@H]1C)N1CCC1=O. The molecule has 0 aromatic heterocycles. The van der Waals surface area contributed by atoms with Crippen molar-refractivity contribution in [2.75, 3.05) is 11.9 Å². The Morgan fingerprint density at radius 3 is 2.50 bits per heavy atom. The van der Waals surface area contributed by atoms with Gasteiger partial charge in [-0.2, -0.15) is 0 Å². The molecule has 0 spiro atoms. The third-order valence-corrected chi connectivity index (χ3v) is 5.51. The molecule has 2 aliphatic heterocycles. The molecule has 0 unspecified atom stereocenters. The Balaban J connectivity index is 1.71. The van der Waals surface area contributed by atoms with Crippen LogP contribution in [0.25, 0.3) is 6.08 Å². The Morgan fingerprint density at radius 2 is 1.86 bits per heavy atom. The van der Waals surface area contributed by atoms with Crippen LogP contribution >= 0.6 is 0 Å². The lowest BCUT2D eigenvalue weighted by molar-refractivity contribution is -0.146. The van der Waals surface area contributed by atoms with Gasteiger partial charge in [0.1, 0.15) is 17.9 Å². The van der Waals surface area contributed by atoms with Gasteiger partial charge in [-0.15, -0.1) is 0 Å². The summed E-state index contributed by atoms with van der Waals surface area (Å²) < 4.78 is 6.04. The van der Waals surface area contributed by atoms with E-state index >= 15 is 0 Å². The number of carbonyl (C=O) groups excluding carboxylic acids is 2. The summed E-state index contributed by atoms with van der Waals surface area (Å²) in [5.41, 5.74) is 4.52. The summed E-state index contributed by atoms with van der Waals surface area (Å²) >= 11 is 0. The number of carbonyl (C=O) groups is 2. The number of para-hydroxylation sites is 2. The van der Waals surface area contributed by atoms with E-state index in [1.165, 1.54) is 0 Å². The quantitative estimate of drug-likeness (QED) is 0.828. The summed E-state index contributed by atoms with van der Waals surface area (Å²) in [6, 6.07) is 13.0. The molecule has 28 heavy (non-hydrogen) atoms. The number of amides is 2. The van der Waals surface area contributed by atoms with Crippen molar-refractivity contribution in [3.63, 3.8) is 0 Å². The lowest BCUT2D eigenvalue weighted by Gasteiger charge is -2.41. The number of nitrogens with one attached hydrogen (secondary N) is 1. The van der Waals surface area contributed by atoms with E-state index in [1.807, 2.05) is 69.3 Å². The van der Waals surface area contributed by atoms with Crippen LogP contribution in [0, 0.1) is 13.8 Å². The van der Waals surface area contributed by atoms with Crippen molar-refractivity contribution in [3.8, 4) is 5.75 Å². The zero-order chi connectivity index (χ0) is 19.8. The Labute approximate surface area is 165 Å². The molecule has 0 radical (unpaired) electrons. The van der Waals surface area contributed by atoms with E-state index in [-0.39, 0.29) is 17.9 Å². The monoisotopic (exact) mass is 376 g/mol. The van der Waals surface area contributed by atoms with Crippen LogP contribution in [0.15, 0.2) is 48.0 Å². The van der Waals surface area contributed by atoms with Gasteiger partial charge in [-0.05, 0) is 44.0 Å². The summed E-state index contributed by atoms with van der Waals surface area (Å²) in [4.78, 5) is 27.2. The van der Waals surface area contributed by atoms with Gasteiger partial charge in [0, 0.05) is 29.8 Å². The molecule has 5 heteroatoms. The number of β-lactam (4-membered cyclic amide) rings is 1. The fourth-order valence-corrected chi connectivity index (χ4v) is 3.85. The van der Waals surface area contributed by atoms with Crippen molar-refractivity contribution >= 4 is 23.6 Å². The Hall–Kier alpha value is -3.08. The molecule has 2 atom stereocenters. The number of nitrogens with zero attached hydrogens (tertiary/aromatic N) is 1. The number of anilines is 1. The van der Waals surface area contributed by atoms with Gasteiger partial charge in [0.25, 0.3) is 5.91 Å². The largest absolute Gasteiger partial charge is 0.486 e. The van der Waals surface area contributed by atoms with Gasteiger partial charge in [-0.3, -0.25) is 9.59 Å². The number of benzene rings is 2. The normalized spacial score (nSPS) is 19.1. The first kappa shape index (κ1) is 18.3. The lowest BCUT2D eigenvalue weighted by Crippen LogP contribution is -2.57. The van der Waals surface area contributed by atoms with Crippen LogP contribution in [0.2, 0.25) is 0 Å². The summed E-state index contributed by atoms with van der Waals surface area (Å²) in [6.45, 7) is 6.43. The lowest BCUT2D eigenvalue weighted by atomic mass is 9.92. The second-order valence-corrected chi connectivity index (χ2v) is 7.44.